The van der Waals surface area contributed by atoms with E-state index in [1.54, 1.807) is 12.1 Å². The first kappa shape index (κ1) is 18.3. The van der Waals surface area contributed by atoms with Gasteiger partial charge in [-0.2, -0.15) is 0 Å². The number of carbonyl (C=O) groups excluding carboxylic acids is 2. The van der Waals surface area contributed by atoms with E-state index in [-0.39, 0.29) is 17.7 Å². The number of aromatic nitrogens is 1. The summed E-state index contributed by atoms with van der Waals surface area (Å²) < 4.78 is 0. The van der Waals surface area contributed by atoms with Gasteiger partial charge in [0.1, 0.15) is 5.00 Å². The van der Waals surface area contributed by atoms with E-state index in [9.17, 15) is 9.59 Å². The zero-order valence-corrected chi connectivity index (χ0v) is 16.3. The van der Waals surface area contributed by atoms with Crippen LogP contribution < -0.4 is 10.6 Å². The van der Waals surface area contributed by atoms with Crippen molar-refractivity contribution < 1.29 is 9.59 Å². The maximum Gasteiger partial charge on any atom is 0.261 e. The highest BCUT2D eigenvalue weighted by molar-refractivity contribution is 7.18. The van der Waals surface area contributed by atoms with Crippen molar-refractivity contribution in [2.75, 3.05) is 11.9 Å². The summed E-state index contributed by atoms with van der Waals surface area (Å²) in [6.07, 6.45) is 4.56. The van der Waals surface area contributed by atoms with E-state index < -0.39 is 0 Å². The molecule has 1 atom stereocenters. The number of amides is 2. The number of aromatic amines is 1. The Kier molecular flexibility index (Phi) is 5.12. The fraction of sp³-hybridized carbons (Fsp3) is 0.182. The lowest BCUT2D eigenvalue weighted by Gasteiger charge is -2.15. The first-order valence-electron chi connectivity index (χ1n) is 9.29. The van der Waals surface area contributed by atoms with Crippen LogP contribution >= 0.6 is 11.3 Å². The summed E-state index contributed by atoms with van der Waals surface area (Å²) >= 11 is 1.31. The van der Waals surface area contributed by atoms with Gasteiger partial charge in [0.05, 0.1) is 10.5 Å². The van der Waals surface area contributed by atoms with Gasteiger partial charge < -0.3 is 15.6 Å². The lowest BCUT2D eigenvalue weighted by molar-refractivity contribution is -0.110. The molecule has 142 valence electrons. The molecule has 0 spiro atoms. The highest BCUT2D eigenvalue weighted by Crippen LogP contribution is 2.39. The van der Waals surface area contributed by atoms with Gasteiger partial charge >= 0.3 is 0 Å². The van der Waals surface area contributed by atoms with Gasteiger partial charge in [0.2, 0.25) is 0 Å². The molecule has 2 amide bonds. The maximum atomic E-state index is 12.7. The van der Waals surface area contributed by atoms with E-state index in [1.165, 1.54) is 16.9 Å². The molecule has 0 radical (unpaired) electrons. The van der Waals surface area contributed by atoms with Crippen molar-refractivity contribution in [2.24, 2.45) is 0 Å². The molecule has 1 aliphatic rings. The van der Waals surface area contributed by atoms with Gasteiger partial charge in [0, 0.05) is 29.9 Å². The monoisotopic (exact) mass is 391 g/mol. The molecule has 4 rings (SSSR count). The van der Waals surface area contributed by atoms with Crippen LogP contribution in [0.3, 0.4) is 0 Å². The van der Waals surface area contributed by atoms with E-state index in [4.69, 9.17) is 0 Å². The van der Waals surface area contributed by atoms with Crippen LogP contribution in [0.4, 0.5) is 5.00 Å². The SMILES string of the molecule is CCC(CNC(=O)c1cc2c(s1)NC(=O)C2=Cc1ccc[nH]1)c1ccccc1. The number of thiophene rings is 1. The van der Waals surface area contributed by atoms with Crippen molar-refractivity contribution >= 4 is 39.8 Å². The number of benzene rings is 1. The minimum atomic E-state index is -0.141. The zero-order chi connectivity index (χ0) is 19.5. The molecule has 3 aromatic rings. The highest BCUT2D eigenvalue weighted by Gasteiger charge is 2.28. The highest BCUT2D eigenvalue weighted by atomic mass is 32.1. The van der Waals surface area contributed by atoms with Gasteiger partial charge in [-0.25, -0.2) is 0 Å². The summed E-state index contributed by atoms with van der Waals surface area (Å²) in [5, 5.41) is 6.62. The molecule has 0 bridgehead atoms. The van der Waals surface area contributed by atoms with Crippen LogP contribution in [0.2, 0.25) is 0 Å². The molecule has 0 saturated heterocycles. The van der Waals surface area contributed by atoms with Crippen LogP contribution in [0, 0.1) is 0 Å². The summed E-state index contributed by atoms with van der Waals surface area (Å²) in [4.78, 5) is 28.6. The third-order valence-electron chi connectivity index (χ3n) is 4.91. The molecule has 2 aromatic heterocycles. The van der Waals surface area contributed by atoms with Crippen LogP contribution in [0.5, 0.6) is 0 Å². The number of rotatable bonds is 6. The fourth-order valence-corrected chi connectivity index (χ4v) is 4.33. The maximum absolute atomic E-state index is 12.7. The first-order valence-corrected chi connectivity index (χ1v) is 10.1. The molecule has 3 N–H and O–H groups in total. The molecule has 0 aliphatic carbocycles. The summed E-state index contributed by atoms with van der Waals surface area (Å²) in [5.41, 5.74) is 3.43. The second kappa shape index (κ2) is 7.86. The van der Waals surface area contributed by atoms with E-state index >= 15 is 0 Å². The quantitative estimate of drug-likeness (QED) is 0.542. The van der Waals surface area contributed by atoms with Crippen molar-refractivity contribution in [3.63, 3.8) is 0 Å². The summed E-state index contributed by atoms with van der Waals surface area (Å²) in [6.45, 7) is 2.70. The lowest BCUT2D eigenvalue weighted by Crippen LogP contribution is -2.27. The van der Waals surface area contributed by atoms with Crippen molar-refractivity contribution in [1.82, 2.24) is 10.3 Å². The molecule has 1 unspecified atom stereocenters. The van der Waals surface area contributed by atoms with Gasteiger partial charge in [0.15, 0.2) is 0 Å². The molecular weight excluding hydrogens is 370 g/mol. The Balaban J connectivity index is 1.48. The molecule has 0 fully saturated rings. The third kappa shape index (κ3) is 3.64. The lowest BCUT2D eigenvalue weighted by atomic mass is 9.96. The molecule has 3 heterocycles. The van der Waals surface area contributed by atoms with Gasteiger partial charge in [-0.05, 0) is 36.3 Å². The molecule has 0 saturated carbocycles. The van der Waals surface area contributed by atoms with Crippen LogP contribution in [0.25, 0.3) is 11.6 Å². The second-order valence-corrected chi connectivity index (χ2v) is 7.77. The largest absolute Gasteiger partial charge is 0.362 e. The first-order chi connectivity index (χ1) is 13.7. The molecular formula is C22H21N3O2S. The smallest absolute Gasteiger partial charge is 0.261 e. The predicted octanol–water partition coefficient (Wildman–Crippen LogP) is 4.49. The molecule has 1 aliphatic heterocycles. The minimum absolute atomic E-state index is 0.109. The van der Waals surface area contributed by atoms with Crippen LogP contribution in [-0.4, -0.2) is 23.3 Å². The Bertz CT molecular complexity index is 1020. The Morgan fingerprint density at radius 1 is 1.21 bits per heavy atom. The van der Waals surface area contributed by atoms with Crippen molar-refractivity contribution in [1.29, 1.82) is 0 Å². The summed E-state index contributed by atoms with van der Waals surface area (Å²) in [6, 6.07) is 15.8. The number of hydrogen-bond donors (Lipinski definition) is 3. The number of fused-ring (bicyclic) bond motifs is 1. The summed E-state index contributed by atoms with van der Waals surface area (Å²) in [5.74, 6) is 0.0279. The van der Waals surface area contributed by atoms with Crippen LogP contribution in [0.15, 0.2) is 54.7 Å². The summed E-state index contributed by atoms with van der Waals surface area (Å²) in [7, 11) is 0. The molecule has 6 heteroatoms. The standard InChI is InChI=1S/C22H21N3O2S/c1-2-14(15-7-4-3-5-8-15)13-24-21(27)19-12-18-17(11-16-9-6-10-23-16)20(26)25-22(18)28-19/h3-12,14,23H,2,13H2,1H3,(H,24,27)(H,25,26). The van der Waals surface area contributed by atoms with E-state index in [0.717, 1.165) is 22.7 Å². The van der Waals surface area contributed by atoms with Crippen LogP contribution in [-0.2, 0) is 4.79 Å². The van der Waals surface area contributed by atoms with Gasteiger partial charge in [0.25, 0.3) is 11.8 Å². The second-order valence-electron chi connectivity index (χ2n) is 6.72. The van der Waals surface area contributed by atoms with E-state index in [1.807, 2.05) is 36.5 Å². The molecule has 1 aromatic carbocycles. The van der Waals surface area contributed by atoms with Crippen LogP contribution in [0.1, 0.15) is 45.8 Å². The zero-order valence-electron chi connectivity index (χ0n) is 15.5. The fourth-order valence-electron chi connectivity index (χ4n) is 3.35. The van der Waals surface area contributed by atoms with Crippen molar-refractivity contribution in [3.05, 3.63) is 76.4 Å². The molecule has 5 nitrogen and oxygen atoms in total. The number of nitrogens with one attached hydrogen (secondary N) is 3. The average molecular weight is 391 g/mol. The Morgan fingerprint density at radius 3 is 2.75 bits per heavy atom. The normalized spacial score (nSPS) is 15.3. The number of H-pyrrole nitrogens is 1. The van der Waals surface area contributed by atoms with Gasteiger partial charge in [-0.1, -0.05) is 37.3 Å². The number of hydrogen-bond acceptors (Lipinski definition) is 3. The van der Waals surface area contributed by atoms with E-state index in [2.05, 4.69) is 34.7 Å². The topological polar surface area (TPSA) is 74.0 Å². The van der Waals surface area contributed by atoms with Crippen molar-refractivity contribution in [3.8, 4) is 0 Å². The van der Waals surface area contributed by atoms with E-state index in [0.29, 0.717) is 17.0 Å². The number of carbonyl (C=O) groups is 2. The van der Waals surface area contributed by atoms with Gasteiger partial charge in [-0.15, -0.1) is 11.3 Å². The Hall–Kier alpha value is -3.12. The van der Waals surface area contributed by atoms with Crippen molar-refractivity contribution in [2.45, 2.75) is 19.3 Å². The Morgan fingerprint density at radius 2 is 2.04 bits per heavy atom. The predicted molar refractivity (Wildman–Crippen MR) is 113 cm³/mol. The third-order valence-corrected chi connectivity index (χ3v) is 5.96. The number of anilines is 1. The van der Waals surface area contributed by atoms with Gasteiger partial charge in [-0.3, -0.25) is 9.59 Å². The minimum Gasteiger partial charge on any atom is -0.362 e. The molecule has 28 heavy (non-hydrogen) atoms. The Labute approximate surface area is 167 Å². The average Bonchev–Trinajstić information content (AvgIpc) is 3.42.